The molecule has 10 heteroatoms. The largest absolute Gasteiger partial charge is 0.492 e. The molecule has 194 valence electrons. The Morgan fingerprint density at radius 1 is 1.05 bits per heavy atom. The summed E-state index contributed by atoms with van der Waals surface area (Å²) in [5.74, 6) is 0.973. The van der Waals surface area contributed by atoms with Crippen LogP contribution in [-0.4, -0.2) is 43.3 Å². The highest BCUT2D eigenvalue weighted by Gasteiger charge is 2.27. The first-order valence-electron chi connectivity index (χ1n) is 12.4. The van der Waals surface area contributed by atoms with E-state index in [1.165, 1.54) is 23.5 Å². The third-order valence-electron chi connectivity index (χ3n) is 6.34. The molecule has 1 saturated heterocycles. The van der Waals surface area contributed by atoms with Gasteiger partial charge < -0.3 is 9.15 Å². The number of amides is 1. The predicted octanol–water partition coefficient (Wildman–Crippen LogP) is 5.70. The molecule has 0 radical (unpaired) electrons. The first-order valence-corrected chi connectivity index (χ1v) is 14.7. The Morgan fingerprint density at radius 2 is 1.81 bits per heavy atom. The van der Waals surface area contributed by atoms with Crippen molar-refractivity contribution < 1.29 is 22.4 Å². The summed E-state index contributed by atoms with van der Waals surface area (Å²) in [6, 6.07) is 15.4. The van der Waals surface area contributed by atoms with E-state index < -0.39 is 10.0 Å². The Hall–Kier alpha value is -3.21. The van der Waals surface area contributed by atoms with Crippen molar-refractivity contribution in [3.63, 3.8) is 0 Å². The molecule has 0 atom stereocenters. The van der Waals surface area contributed by atoms with E-state index in [2.05, 4.69) is 0 Å². The second kappa shape index (κ2) is 11.0. The molecule has 0 N–H and O–H groups in total. The van der Waals surface area contributed by atoms with Crippen LogP contribution in [0.3, 0.4) is 0 Å². The summed E-state index contributed by atoms with van der Waals surface area (Å²) in [7, 11) is -3.60. The first-order chi connectivity index (χ1) is 18.0. The minimum absolute atomic E-state index is 0.184. The van der Waals surface area contributed by atoms with Gasteiger partial charge in [0.25, 0.3) is 5.91 Å². The van der Waals surface area contributed by atoms with E-state index in [0.717, 1.165) is 30.4 Å². The Labute approximate surface area is 220 Å². The van der Waals surface area contributed by atoms with Crippen molar-refractivity contribution >= 4 is 42.6 Å². The van der Waals surface area contributed by atoms with Gasteiger partial charge in [-0.25, -0.2) is 13.4 Å². The van der Waals surface area contributed by atoms with Crippen LogP contribution in [-0.2, 0) is 16.6 Å². The molecule has 0 spiro atoms. The molecule has 2 aromatic heterocycles. The van der Waals surface area contributed by atoms with Crippen molar-refractivity contribution in [3.05, 3.63) is 72.2 Å². The average molecular weight is 540 g/mol. The smallest absolute Gasteiger partial charge is 0.260 e. The van der Waals surface area contributed by atoms with Gasteiger partial charge in [0.1, 0.15) is 17.0 Å². The van der Waals surface area contributed by atoms with Gasteiger partial charge in [-0.3, -0.25) is 9.69 Å². The summed E-state index contributed by atoms with van der Waals surface area (Å²) >= 11 is 1.39. The van der Waals surface area contributed by atoms with E-state index in [9.17, 15) is 13.2 Å². The lowest BCUT2D eigenvalue weighted by Crippen LogP contribution is -2.32. The van der Waals surface area contributed by atoms with E-state index in [1.807, 2.05) is 25.1 Å². The molecule has 0 aliphatic carbocycles. The minimum Gasteiger partial charge on any atom is -0.492 e. The Balaban J connectivity index is 1.46. The van der Waals surface area contributed by atoms with Crippen molar-refractivity contribution in [1.29, 1.82) is 0 Å². The molecule has 2 aromatic carbocycles. The van der Waals surface area contributed by atoms with E-state index >= 15 is 0 Å². The summed E-state index contributed by atoms with van der Waals surface area (Å²) in [5, 5.41) is 0.504. The minimum atomic E-state index is -3.60. The molecular weight excluding hydrogens is 510 g/mol. The molecular formula is C27H29N3O5S2. The summed E-state index contributed by atoms with van der Waals surface area (Å²) in [4.78, 5) is 20.2. The molecule has 3 heterocycles. The van der Waals surface area contributed by atoms with Crippen molar-refractivity contribution in [3.8, 4) is 5.75 Å². The molecule has 0 saturated carbocycles. The van der Waals surface area contributed by atoms with E-state index in [4.69, 9.17) is 14.1 Å². The third kappa shape index (κ3) is 5.41. The number of fused-ring (bicyclic) bond motifs is 1. The predicted molar refractivity (Wildman–Crippen MR) is 144 cm³/mol. The number of para-hydroxylation sites is 1. The zero-order valence-corrected chi connectivity index (χ0v) is 22.3. The monoisotopic (exact) mass is 539 g/mol. The lowest BCUT2D eigenvalue weighted by Gasteiger charge is -2.21. The SMILES string of the molecule is CCOc1cccc2sc(N(Cc3ccco3)C(=O)c3ccc(S(=O)(=O)N4CCCCCC4)cc3)nc12. The maximum Gasteiger partial charge on any atom is 0.260 e. The number of ether oxygens (including phenoxy) is 1. The summed E-state index contributed by atoms with van der Waals surface area (Å²) in [6.45, 7) is 3.66. The highest BCUT2D eigenvalue weighted by Crippen LogP contribution is 2.35. The van der Waals surface area contributed by atoms with Gasteiger partial charge in [0.2, 0.25) is 10.0 Å². The molecule has 5 rings (SSSR count). The lowest BCUT2D eigenvalue weighted by atomic mass is 10.2. The third-order valence-corrected chi connectivity index (χ3v) is 9.30. The number of hydrogen-bond donors (Lipinski definition) is 0. The van der Waals surface area contributed by atoms with Gasteiger partial charge in [0, 0.05) is 18.7 Å². The van der Waals surface area contributed by atoms with Crippen LogP contribution in [0.4, 0.5) is 5.13 Å². The number of benzene rings is 2. The number of thiazole rings is 1. The number of sulfonamides is 1. The molecule has 1 aliphatic rings. The maximum atomic E-state index is 13.7. The van der Waals surface area contributed by atoms with Gasteiger partial charge >= 0.3 is 0 Å². The zero-order valence-electron chi connectivity index (χ0n) is 20.6. The van der Waals surface area contributed by atoms with E-state index in [0.29, 0.717) is 47.4 Å². The molecule has 1 amide bonds. The Bertz CT molecular complexity index is 1460. The van der Waals surface area contributed by atoms with E-state index in [1.54, 1.807) is 39.7 Å². The molecule has 8 nitrogen and oxygen atoms in total. The highest BCUT2D eigenvalue weighted by atomic mass is 32.2. The van der Waals surface area contributed by atoms with Crippen molar-refractivity contribution in [2.24, 2.45) is 0 Å². The van der Waals surface area contributed by atoms with Crippen molar-refractivity contribution in [2.45, 2.75) is 44.0 Å². The van der Waals surface area contributed by atoms with Crippen LogP contribution in [0.2, 0.25) is 0 Å². The summed E-state index contributed by atoms with van der Waals surface area (Å²) in [6.07, 6.45) is 5.38. The summed E-state index contributed by atoms with van der Waals surface area (Å²) in [5.41, 5.74) is 1.06. The summed E-state index contributed by atoms with van der Waals surface area (Å²) < 4.78 is 40.0. The van der Waals surface area contributed by atoms with Crippen LogP contribution in [0.5, 0.6) is 5.75 Å². The zero-order chi connectivity index (χ0) is 25.8. The average Bonchev–Trinajstić information content (AvgIpc) is 3.50. The lowest BCUT2D eigenvalue weighted by molar-refractivity contribution is 0.0983. The number of aromatic nitrogens is 1. The number of hydrogen-bond acceptors (Lipinski definition) is 7. The van der Waals surface area contributed by atoms with Crippen LogP contribution < -0.4 is 9.64 Å². The fraction of sp³-hybridized carbons (Fsp3) is 0.333. The van der Waals surface area contributed by atoms with Gasteiger partial charge in [-0.05, 0) is 68.3 Å². The molecule has 37 heavy (non-hydrogen) atoms. The van der Waals surface area contributed by atoms with Crippen LogP contribution in [0.15, 0.2) is 70.2 Å². The normalized spacial score (nSPS) is 14.9. The molecule has 1 fully saturated rings. The van der Waals surface area contributed by atoms with Gasteiger partial charge in [0.05, 0.1) is 29.0 Å². The number of anilines is 1. The quantitative estimate of drug-likeness (QED) is 0.285. The number of nitrogens with zero attached hydrogens (tertiary/aromatic N) is 3. The van der Waals surface area contributed by atoms with Gasteiger partial charge in [-0.15, -0.1) is 0 Å². The fourth-order valence-electron chi connectivity index (χ4n) is 4.44. The highest BCUT2D eigenvalue weighted by molar-refractivity contribution is 7.89. The molecule has 4 aromatic rings. The standard InChI is InChI=1S/C27H29N3O5S2/c1-2-34-23-10-7-11-24-25(23)28-27(36-24)30(19-21-9-8-18-35-21)26(31)20-12-14-22(15-13-20)37(32,33)29-16-5-3-4-6-17-29/h7-15,18H,2-6,16-17,19H2,1H3. The molecule has 0 unspecified atom stereocenters. The second-order valence-corrected chi connectivity index (χ2v) is 11.8. The Morgan fingerprint density at radius 3 is 2.49 bits per heavy atom. The van der Waals surface area contributed by atoms with E-state index in [-0.39, 0.29) is 17.3 Å². The van der Waals surface area contributed by atoms with Crippen LogP contribution in [0.1, 0.15) is 48.7 Å². The maximum absolute atomic E-state index is 13.7. The van der Waals surface area contributed by atoms with Crippen molar-refractivity contribution in [1.82, 2.24) is 9.29 Å². The van der Waals surface area contributed by atoms with Crippen molar-refractivity contribution in [2.75, 3.05) is 24.6 Å². The topological polar surface area (TPSA) is 92.9 Å². The number of rotatable bonds is 8. The van der Waals surface area contributed by atoms with Crippen LogP contribution in [0.25, 0.3) is 10.2 Å². The number of carbonyl (C=O) groups excluding carboxylic acids is 1. The molecule has 0 bridgehead atoms. The number of carbonyl (C=O) groups is 1. The fourth-order valence-corrected chi connectivity index (χ4v) is 6.94. The molecule has 1 aliphatic heterocycles. The second-order valence-electron chi connectivity index (χ2n) is 8.85. The first kappa shape index (κ1) is 25.4. The van der Waals surface area contributed by atoms with Gasteiger partial charge in [-0.2, -0.15) is 4.31 Å². The Kier molecular flexibility index (Phi) is 7.59. The van der Waals surface area contributed by atoms with Gasteiger partial charge in [-0.1, -0.05) is 30.2 Å². The van der Waals surface area contributed by atoms with Gasteiger partial charge in [0.15, 0.2) is 5.13 Å². The van der Waals surface area contributed by atoms with Crippen LogP contribution in [0, 0.1) is 0 Å². The van der Waals surface area contributed by atoms with Crippen LogP contribution >= 0.6 is 11.3 Å². The number of furan rings is 1.